The van der Waals surface area contributed by atoms with E-state index in [1.807, 2.05) is 0 Å². The highest BCUT2D eigenvalue weighted by Crippen LogP contribution is 2.30. The van der Waals surface area contributed by atoms with E-state index in [1.54, 1.807) is 20.8 Å². The van der Waals surface area contributed by atoms with Crippen LogP contribution >= 0.6 is 31.9 Å². The third-order valence-electron chi connectivity index (χ3n) is 1.71. The first-order valence-corrected chi connectivity index (χ1v) is 6.28. The Hall–Kier alpha value is -0.490. The molecule has 1 rings (SSSR count). The smallest absolute Gasteiger partial charge is 0.342 e. The Morgan fingerprint density at radius 3 is 2.29 bits per heavy atom. The highest BCUT2D eigenvalue weighted by molar-refractivity contribution is 9.11. The predicted molar refractivity (Wildman–Crippen MR) is 66.9 cm³/mol. The van der Waals surface area contributed by atoms with Crippen LogP contribution in [0.3, 0.4) is 0 Å². The number of halogens is 4. The minimum atomic E-state index is -0.915. The molecular formula is C11H10Br2F2O2. The Labute approximate surface area is 115 Å². The number of esters is 1. The second-order valence-corrected chi connectivity index (χ2v) is 5.99. The molecule has 0 amide bonds. The normalized spacial score (nSPS) is 11.5. The topological polar surface area (TPSA) is 26.3 Å². The molecule has 17 heavy (non-hydrogen) atoms. The van der Waals surface area contributed by atoms with E-state index in [2.05, 4.69) is 31.9 Å². The summed E-state index contributed by atoms with van der Waals surface area (Å²) in [7, 11) is 0. The van der Waals surface area contributed by atoms with Crippen molar-refractivity contribution in [2.24, 2.45) is 0 Å². The lowest BCUT2D eigenvalue weighted by atomic mass is 10.1. The standard InChI is InChI=1S/C11H10Br2F2O2/c1-11(2,3)17-10(16)7-8(13)6(14)4-5(12)9(7)15/h4H,1-3H3. The molecule has 0 aromatic heterocycles. The summed E-state index contributed by atoms with van der Waals surface area (Å²) in [4.78, 5) is 11.7. The molecule has 0 saturated carbocycles. The summed E-state index contributed by atoms with van der Waals surface area (Å²) >= 11 is 5.67. The van der Waals surface area contributed by atoms with Crippen molar-refractivity contribution in [3.63, 3.8) is 0 Å². The van der Waals surface area contributed by atoms with Crippen LogP contribution in [0.4, 0.5) is 8.78 Å². The first kappa shape index (κ1) is 14.6. The van der Waals surface area contributed by atoms with E-state index in [4.69, 9.17) is 4.74 Å². The molecule has 0 aliphatic rings. The van der Waals surface area contributed by atoms with Gasteiger partial charge in [0.1, 0.15) is 17.0 Å². The first-order valence-electron chi connectivity index (χ1n) is 4.70. The molecule has 0 fully saturated rings. The maximum Gasteiger partial charge on any atom is 0.342 e. The molecule has 94 valence electrons. The molecule has 0 spiro atoms. The fourth-order valence-electron chi connectivity index (χ4n) is 1.08. The number of hydrogen-bond donors (Lipinski definition) is 0. The quantitative estimate of drug-likeness (QED) is 0.538. The Morgan fingerprint density at radius 2 is 1.82 bits per heavy atom. The minimum absolute atomic E-state index is 0.126. The summed E-state index contributed by atoms with van der Waals surface area (Å²) in [6.07, 6.45) is 0. The molecule has 1 aromatic carbocycles. The third kappa shape index (κ3) is 3.48. The lowest BCUT2D eigenvalue weighted by Crippen LogP contribution is -2.25. The summed E-state index contributed by atoms with van der Waals surface area (Å²) in [5.74, 6) is -2.51. The van der Waals surface area contributed by atoms with Gasteiger partial charge in [-0.05, 0) is 58.7 Å². The second-order valence-electron chi connectivity index (χ2n) is 4.35. The van der Waals surface area contributed by atoms with Gasteiger partial charge in [-0.25, -0.2) is 13.6 Å². The fraction of sp³-hybridized carbons (Fsp3) is 0.364. The molecule has 0 N–H and O–H groups in total. The number of hydrogen-bond acceptors (Lipinski definition) is 2. The zero-order valence-electron chi connectivity index (χ0n) is 9.41. The predicted octanol–water partition coefficient (Wildman–Crippen LogP) is 4.45. The molecule has 0 unspecified atom stereocenters. The van der Waals surface area contributed by atoms with E-state index in [-0.39, 0.29) is 8.95 Å². The van der Waals surface area contributed by atoms with Crippen LogP contribution in [0.25, 0.3) is 0 Å². The second kappa shape index (κ2) is 5.02. The minimum Gasteiger partial charge on any atom is -0.456 e. The van der Waals surface area contributed by atoms with Gasteiger partial charge in [0.25, 0.3) is 0 Å². The number of carbonyl (C=O) groups excluding carboxylic acids is 1. The summed E-state index contributed by atoms with van der Waals surface area (Å²) in [6, 6.07) is 0.938. The Morgan fingerprint density at radius 1 is 1.29 bits per heavy atom. The van der Waals surface area contributed by atoms with Crippen LogP contribution in [0, 0.1) is 11.6 Å². The highest BCUT2D eigenvalue weighted by Gasteiger charge is 2.26. The van der Waals surface area contributed by atoms with E-state index in [1.165, 1.54) is 0 Å². The van der Waals surface area contributed by atoms with E-state index >= 15 is 0 Å². The lowest BCUT2D eigenvalue weighted by molar-refractivity contribution is 0.00627. The van der Waals surface area contributed by atoms with E-state index in [0.29, 0.717) is 0 Å². The first-order chi connectivity index (χ1) is 7.63. The molecule has 2 nitrogen and oxygen atoms in total. The van der Waals surface area contributed by atoms with Gasteiger partial charge in [0.05, 0.1) is 8.95 Å². The van der Waals surface area contributed by atoms with Crippen molar-refractivity contribution < 1.29 is 18.3 Å². The van der Waals surface area contributed by atoms with Crippen LogP contribution in [-0.4, -0.2) is 11.6 Å². The Balaban J connectivity index is 3.27. The molecule has 0 atom stereocenters. The number of carbonyl (C=O) groups is 1. The molecular weight excluding hydrogens is 362 g/mol. The van der Waals surface area contributed by atoms with Gasteiger partial charge in [0, 0.05) is 0 Å². The molecule has 0 aliphatic heterocycles. The zero-order chi connectivity index (χ0) is 13.4. The van der Waals surface area contributed by atoms with Gasteiger partial charge in [0.2, 0.25) is 0 Å². The average molecular weight is 372 g/mol. The maximum atomic E-state index is 13.7. The average Bonchev–Trinajstić information content (AvgIpc) is 2.12. The SMILES string of the molecule is CC(C)(C)OC(=O)c1c(F)c(Br)cc(F)c1Br. The van der Waals surface area contributed by atoms with Crippen LogP contribution in [0.2, 0.25) is 0 Å². The van der Waals surface area contributed by atoms with E-state index < -0.39 is 28.8 Å². The van der Waals surface area contributed by atoms with Crippen LogP contribution in [0.1, 0.15) is 31.1 Å². The monoisotopic (exact) mass is 370 g/mol. The molecule has 0 bridgehead atoms. The number of benzene rings is 1. The fourth-order valence-corrected chi connectivity index (χ4v) is 1.93. The highest BCUT2D eigenvalue weighted by atomic mass is 79.9. The van der Waals surface area contributed by atoms with Crippen LogP contribution in [-0.2, 0) is 4.74 Å². The summed E-state index contributed by atoms with van der Waals surface area (Å²) in [6.45, 7) is 4.93. The van der Waals surface area contributed by atoms with Gasteiger partial charge in [-0.2, -0.15) is 0 Å². The molecule has 1 aromatic rings. The van der Waals surface area contributed by atoms with Crippen molar-refractivity contribution in [2.75, 3.05) is 0 Å². The van der Waals surface area contributed by atoms with Crippen LogP contribution in [0.15, 0.2) is 15.0 Å². The number of ether oxygens (including phenoxy) is 1. The van der Waals surface area contributed by atoms with Gasteiger partial charge in [-0.15, -0.1) is 0 Å². The van der Waals surface area contributed by atoms with Crippen molar-refractivity contribution in [1.82, 2.24) is 0 Å². The van der Waals surface area contributed by atoms with Crippen LogP contribution in [0.5, 0.6) is 0 Å². The molecule has 6 heteroatoms. The zero-order valence-corrected chi connectivity index (χ0v) is 12.6. The van der Waals surface area contributed by atoms with Crippen molar-refractivity contribution in [1.29, 1.82) is 0 Å². The van der Waals surface area contributed by atoms with Crippen molar-refractivity contribution in [2.45, 2.75) is 26.4 Å². The van der Waals surface area contributed by atoms with Gasteiger partial charge in [-0.3, -0.25) is 0 Å². The van der Waals surface area contributed by atoms with Gasteiger partial charge < -0.3 is 4.74 Å². The molecule has 0 aliphatic carbocycles. The molecule has 0 saturated heterocycles. The summed E-state index contributed by atoms with van der Waals surface area (Å²) in [5, 5.41) is 0. The summed E-state index contributed by atoms with van der Waals surface area (Å²) in [5.41, 5.74) is -1.23. The van der Waals surface area contributed by atoms with Crippen molar-refractivity contribution >= 4 is 37.8 Å². The van der Waals surface area contributed by atoms with Gasteiger partial charge in [-0.1, -0.05) is 0 Å². The van der Waals surface area contributed by atoms with Crippen molar-refractivity contribution in [3.05, 3.63) is 32.2 Å². The van der Waals surface area contributed by atoms with E-state index in [9.17, 15) is 13.6 Å². The van der Waals surface area contributed by atoms with Crippen LogP contribution < -0.4 is 0 Å². The van der Waals surface area contributed by atoms with Gasteiger partial charge >= 0.3 is 5.97 Å². The molecule has 0 heterocycles. The third-order valence-corrected chi connectivity index (χ3v) is 3.07. The van der Waals surface area contributed by atoms with E-state index in [0.717, 1.165) is 6.07 Å². The Kier molecular flexibility index (Phi) is 4.30. The van der Waals surface area contributed by atoms with Crippen molar-refractivity contribution in [3.8, 4) is 0 Å². The summed E-state index contributed by atoms with van der Waals surface area (Å²) < 4.78 is 31.7. The lowest BCUT2D eigenvalue weighted by Gasteiger charge is -2.20. The van der Waals surface area contributed by atoms with Gasteiger partial charge in [0.15, 0.2) is 5.82 Å². The maximum absolute atomic E-state index is 13.7. The Bertz CT molecular complexity index is 441. The number of rotatable bonds is 1. The molecule has 0 radical (unpaired) electrons. The largest absolute Gasteiger partial charge is 0.456 e.